The minimum atomic E-state index is -0.498. The van der Waals surface area contributed by atoms with E-state index < -0.39 is 5.82 Å². The van der Waals surface area contributed by atoms with Gasteiger partial charge in [0, 0.05) is 61.4 Å². The third-order valence-electron chi connectivity index (χ3n) is 6.61. The number of halogens is 2. The van der Waals surface area contributed by atoms with E-state index in [2.05, 4.69) is 27.0 Å². The van der Waals surface area contributed by atoms with Crippen molar-refractivity contribution >= 4 is 39.9 Å². The summed E-state index contributed by atoms with van der Waals surface area (Å²) < 4.78 is 27.2. The number of likely N-dealkylation sites (tertiary alicyclic amines) is 1. The molecule has 0 spiro atoms. The molecule has 0 radical (unpaired) electrons. The highest BCUT2D eigenvalue weighted by Crippen LogP contribution is 2.37. The Bertz CT molecular complexity index is 1500. The van der Waals surface area contributed by atoms with Gasteiger partial charge >= 0.3 is 0 Å². The van der Waals surface area contributed by atoms with Crippen LogP contribution in [0, 0.1) is 5.82 Å². The molecule has 9 nitrogen and oxygen atoms in total. The summed E-state index contributed by atoms with van der Waals surface area (Å²) in [5, 5.41) is 8.42. The fourth-order valence-electron chi connectivity index (χ4n) is 4.53. The Morgan fingerprint density at radius 1 is 1.26 bits per heavy atom. The maximum absolute atomic E-state index is 13.7. The van der Waals surface area contributed by atoms with Crippen LogP contribution in [0.1, 0.15) is 12.8 Å². The molecular formula is C28H28ClFN6O3. The van der Waals surface area contributed by atoms with Crippen molar-refractivity contribution in [2.24, 2.45) is 0 Å². The first kappa shape index (κ1) is 26.6. The van der Waals surface area contributed by atoms with Crippen LogP contribution >= 0.6 is 11.6 Å². The highest BCUT2D eigenvalue weighted by molar-refractivity contribution is 6.31. The third-order valence-corrected chi connectivity index (χ3v) is 6.90. The number of hydrogen-bond donors (Lipinski definition) is 1. The van der Waals surface area contributed by atoms with Crippen LogP contribution in [0.5, 0.6) is 5.75 Å². The minimum absolute atomic E-state index is 0.0106. The SMILES string of the molecule is C=CC(=O)N1CCC(Oc2cc3c(Nc4ccc(F)c(Cl)c4)ncnc3cc2-c2cnn(CCOC)c2)CC1. The topological polar surface area (TPSA) is 94.4 Å². The number of ether oxygens (including phenoxy) is 2. The Hall–Kier alpha value is -4.02. The number of aromatic nitrogens is 4. The number of amides is 1. The summed E-state index contributed by atoms with van der Waals surface area (Å²) in [5.41, 5.74) is 3.00. The van der Waals surface area contributed by atoms with Crippen LogP contribution in [0.2, 0.25) is 5.02 Å². The Kier molecular flexibility index (Phi) is 8.04. The van der Waals surface area contributed by atoms with Crippen molar-refractivity contribution in [3.05, 3.63) is 72.5 Å². The first-order chi connectivity index (χ1) is 18.9. The molecule has 2 aromatic heterocycles. The van der Waals surface area contributed by atoms with Crippen molar-refractivity contribution < 1.29 is 18.7 Å². The lowest BCUT2D eigenvalue weighted by molar-refractivity contribution is -0.127. The number of anilines is 2. The van der Waals surface area contributed by atoms with Gasteiger partial charge in [0.2, 0.25) is 5.91 Å². The normalized spacial score (nSPS) is 14.0. The van der Waals surface area contributed by atoms with E-state index in [1.165, 1.54) is 24.5 Å². The average molecular weight is 551 g/mol. The Morgan fingerprint density at radius 2 is 2.08 bits per heavy atom. The molecule has 5 rings (SSSR count). The molecule has 1 N–H and O–H groups in total. The van der Waals surface area contributed by atoms with Gasteiger partial charge in [-0.1, -0.05) is 18.2 Å². The molecule has 202 valence electrons. The summed E-state index contributed by atoms with van der Waals surface area (Å²) in [6.07, 6.45) is 7.83. The molecule has 0 bridgehead atoms. The van der Waals surface area contributed by atoms with Crippen LogP contribution < -0.4 is 10.1 Å². The smallest absolute Gasteiger partial charge is 0.245 e. The number of carbonyl (C=O) groups is 1. The zero-order chi connectivity index (χ0) is 27.4. The first-order valence-electron chi connectivity index (χ1n) is 12.6. The molecule has 1 saturated heterocycles. The van der Waals surface area contributed by atoms with Crippen molar-refractivity contribution in [3.63, 3.8) is 0 Å². The van der Waals surface area contributed by atoms with Gasteiger partial charge in [-0.2, -0.15) is 5.10 Å². The van der Waals surface area contributed by atoms with Crippen molar-refractivity contribution in [1.82, 2.24) is 24.6 Å². The summed E-state index contributed by atoms with van der Waals surface area (Å²) in [7, 11) is 1.65. The van der Waals surface area contributed by atoms with Crippen molar-refractivity contribution in [3.8, 4) is 16.9 Å². The maximum Gasteiger partial charge on any atom is 0.245 e. The second-order valence-electron chi connectivity index (χ2n) is 9.17. The number of hydrogen-bond acceptors (Lipinski definition) is 7. The molecule has 2 aromatic carbocycles. The van der Waals surface area contributed by atoms with Gasteiger partial charge in [-0.3, -0.25) is 9.48 Å². The number of methoxy groups -OCH3 is 1. The molecule has 1 aliphatic heterocycles. The number of nitrogens with zero attached hydrogens (tertiary/aromatic N) is 5. The molecule has 4 aromatic rings. The highest BCUT2D eigenvalue weighted by Gasteiger charge is 2.24. The van der Waals surface area contributed by atoms with Crippen LogP contribution in [-0.2, 0) is 16.1 Å². The number of fused-ring (bicyclic) bond motifs is 1. The predicted octanol–water partition coefficient (Wildman–Crippen LogP) is 5.23. The molecule has 11 heteroatoms. The van der Waals surface area contributed by atoms with Gasteiger partial charge in [-0.15, -0.1) is 0 Å². The van der Waals surface area contributed by atoms with Gasteiger partial charge in [0.25, 0.3) is 0 Å². The van der Waals surface area contributed by atoms with E-state index >= 15 is 0 Å². The van der Waals surface area contributed by atoms with E-state index in [1.54, 1.807) is 24.3 Å². The molecule has 0 atom stereocenters. The van der Waals surface area contributed by atoms with Gasteiger partial charge in [-0.25, -0.2) is 14.4 Å². The van der Waals surface area contributed by atoms with E-state index in [4.69, 9.17) is 21.1 Å². The zero-order valence-electron chi connectivity index (χ0n) is 21.4. The lowest BCUT2D eigenvalue weighted by Crippen LogP contribution is -2.41. The van der Waals surface area contributed by atoms with Crippen LogP contribution in [0.4, 0.5) is 15.9 Å². The van der Waals surface area contributed by atoms with E-state index in [9.17, 15) is 9.18 Å². The van der Waals surface area contributed by atoms with Gasteiger partial charge in [0.15, 0.2) is 0 Å². The van der Waals surface area contributed by atoms with Crippen LogP contribution in [-0.4, -0.2) is 63.5 Å². The molecule has 1 fully saturated rings. The summed E-state index contributed by atoms with van der Waals surface area (Å²) in [4.78, 5) is 22.7. The van der Waals surface area contributed by atoms with Gasteiger partial charge in [0.05, 0.1) is 29.9 Å². The van der Waals surface area contributed by atoms with E-state index in [0.717, 1.165) is 16.5 Å². The second kappa shape index (κ2) is 11.8. The first-order valence-corrected chi connectivity index (χ1v) is 12.9. The van der Waals surface area contributed by atoms with Crippen molar-refractivity contribution in [1.29, 1.82) is 0 Å². The number of piperidine rings is 1. The summed E-state index contributed by atoms with van der Waals surface area (Å²) in [5.74, 6) is 0.609. The van der Waals surface area contributed by atoms with E-state index in [-0.39, 0.29) is 17.0 Å². The van der Waals surface area contributed by atoms with Crippen molar-refractivity contribution in [2.75, 3.05) is 32.1 Å². The molecule has 1 amide bonds. The van der Waals surface area contributed by atoms with E-state index in [0.29, 0.717) is 61.9 Å². The fourth-order valence-corrected chi connectivity index (χ4v) is 4.71. The maximum atomic E-state index is 13.7. The molecule has 0 aliphatic carbocycles. The molecule has 0 saturated carbocycles. The highest BCUT2D eigenvalue weighted by atomic mass is 35.5. The standard InChI is InChI=1S/C28H28ClFN6O3/c1-3-27(37)35-8-6-20(7-9-35)39-26-14-22-25(13-21(26)18-15-33-36(16-18)10-11-38-2)31-17-32-28(22)34-19-4-5-24(30)23(29)12-19/h3-5,12-17,20H,1,6-11H2,2H3,(H,31,32,34). The number of rotatable bonds is 9. The number of nitrogens with one attached hydrogen (secondary N) is 1. The van der Waals surface area contributed by atoms with Gasteiger partial charge < -0.3 is 19.7 Å². The third kappa shape index (κ3) is 6.02. The lowest BCUT2D eigenvalue weighted by Gasteiger charge is -2.32. The molecule has 3 heterocycles. The van der Waals surface area contributed by atoms with Gasteiger partial charge in [-0.05, 0) is 36.4 Å². The quantitative estimate of drug-likeness (QED) is 0.285. The number of benzene rings is 2. The Morgan fingerprint density at radius 3 is 2.82 bits per heavy atom. The molecule has 39 heavy (non-hydrogen) atoms. The van der Waals surface area contributed by atoms with Crippen LogP contribution in [0.3, 0.4) is 0 Å². The Balaban J connectivity index is 1.50. The zero-order valence-corrected chi connectivity index (χ0v) is 22.2. The summed E-state index contributed by atoms with van der Waals surface area (Å²) >= 11 is 5.98. The summed E-state index contributed by atoms with van der Waals surface area (Å²) in [6, 6.07) is 8.25. The molecule has 0 unspecified atom stereocenters. The van der Waals surface area contributed by atoms with Crippen LogP contribution in [0.25, 0.3) is 22.0 Å². The average Bonchev–Trinajstić information content (AvgIpc) is 3.42. The van der Waals surface area contributed by atoms with Crippen molar-refractivity contribution in [2.45, 2.75) is 25.5 Å². The lowest BCUT2D eigenvalue weighted by atomic mass is 10.0. The largest absolute Gasteiger partial charge is 0.490 e. The molecule has 1 aliphatic rings. The second-order valence-corrected chi connectivity index (χ2v) is 9.58. The fraction of sp³-hybridized carbons (Fsp3) is 0.286. The van der Waals surface area contributed by atoms with Gasteiger partial charge in [0.1, 0.15) is 29.8 Å². The summed E-state index contributed by atoms with van der Waals surface area (Å²) in [6.45, 7) is 5.93. The Labute approximate surface area is 230 Å². The monoisotopic (exact) mass is 550 g/mol. The van der Waals surface area contributed by atoms with E-state index in [1.807, 2.05) is 23.0 Å². The predicted molar refractivity (Wildman–Crippen MR) is 148 cm³/mol. The number of carbonyl (C=O) groups excluding carboxylic acids is 1. The minimum Gasteiger partial charge on any atom is -0.490 e. The van der Waals surface area contributed by atoms with Crippen LogP contribution in [0.15, 0.2) is 61.7 Å². The molecular weight excluding hydrogens is 523 g/mol.